The number of nitrogens with zero attached hydrogens (tertiary/aromatic N) is 5. The van der Waals surface area contributed by atoms with Crippen molar-refractivity contribution in [2.45, 2.75) is 85.4 Å². The van der Waals surface area contributed by atoms with Gasteiger partial charge in [-0.05, 0) is 96.7 Å². The second-order valence-electron chi connectivity index (χ2n) is 11.6. The van der Waals surface area contributed by atoms with E-state index in [9.17, 15) is 4.79 Å². The molecule has 8 nitrogen and oxygen atoms in total. The summed E-state index contributed by atoms with van der Waals surface area (Å²) >= 11 is 0. The number of hydrogen-bond acceptors (Lipinski definition) is 7. The molecule has 0 bridgehead atoms. The number of fused-ring (bicyclic) bond motifs is 4. The quantitative estimate of drug-likeness (QED) is 0.378. The number of carbonyl (C=O) groups is 1. The molecule has 1 aliphatic carbocycles. The average molecular weight is 549 g/mol. The van der Waals surface area contributed by atoms with Crippen LogP contribution in [0.1, 0.15) is 83.9 Å². The summed E-state index contributed by atoms with van der Waals surface area (Å²) in [5.74, 6) is 1.31. The van der Waals surface area contributed by atoms with Crippen molar-refractivity contribution in [2.75, 3.05) is 38.1 Å². The molecule has 8 heteroatoms. The molecule has 3 heterocycles. The number of ether oxygens (including phenoxy) is 1. The molecule has 2 aliphatic rings. The fraction of sp³-hybridized carbons (Fsp3) is 0.594. The van der Waals surface area contributed by atoms with Crippen LogP contribution in [0.4, 0.5) is 10.5 Å². The van der Waals surface area contributed by atoms with Gasteiger partial charge in [0.25, 0.3) is 0 Å². The van der Waals surface area contributed by atoms with Gasteiger partial charge in [0, 0.05) is 25.8 Å². The lowest BCUT2D eigenvalue weighted by molar-refractivity contribution is 0.0497. The number of likely N-dealkylation sites (tertiary alicyclic amines) is 1. The number of aromatic nitrogens is 3. The molecule has 1 fully saturated rings. The average Bonchev–Trinajstić information content (AvgIpc) is 3.32. The minimum absolute atomic E-state index is 0.253. The Morgan fingerprint density at radius 2 is 1.98 bits per heavy atom. The molecule has 0 saturated carbocycles. The van der Waals surface area contributed by atoms with E-state index < -0.39 is 5.60 Å². The van der Waals surface area contributed by atoms with Crippen LogP contribution in [0.3, 0.4) is 0 Å². The van der Waals surface area contributed by atoms with Gasteiger partial charge in [-0.1, -0.05) is 26.0 Å². The van der Waals surface area contributed by atoms with Crippen LogP contribution in [0.15, 0.2) is 36.5 Å². The van der Waals surface area contributed by atoms with Crippen LogP contribution >= 0.6 is 0 Å². The molecule has 1 saturated heterocycles. The number of imidazole rings is 1. The molecule has 0 radical (unpaired) electrons. The summed E-state index contributed by atoms with van der Waals surface area (Å²) in [4.78, 5) is 28.5. The number of nitrogens with one attached hydrogen (secondary N) is 1. The van der Waals surface area contributed by atoms with Gasteiger partial charge in [0.1, 0.15) is 16.9 Å². The molecule has 0 amide bonds. The van der Waals surface area contributed by atoms with Crippen LogP contribution in [0.25, 0.3) is 11.0 Å². The summed E-state index contributed by atoms with van der Waals surface area (Å²) in [5, 5.41) is 3.25. The first kappa shape index (κ1) is 30.0. The lowest BCUT2D eigenvalue weighted by Gasteiger charge is -2.44. The Labute approximate surface area is 240 Å². The molecule has 1 aliphatic heterocycles. The number of carbonyl (C=O) groups excluding carboxylic acids is 1. The van der Waals surface area contributed by atoms with Gasteiger partial charge < -0.3 is 15.0 Å². The van der Waals surface area contributed by atoms with E-state index in [1.165, 1.54) is 24.1 Å². The minimum Gasteiger partial charge on any atom is -0.443 e. The Balaban J connectivity index is 0.00000181. The zero-order valence-electron chi connectivity index (χ0n) is 25.5. The molecule has 218 valence electrons. The van der Waals surface area contributed by atoms with Crippen molar-refractivity contribution in [1.82, 2.24) is 24.8 Å². The van der Waals surface area contributed by atoms with Crippen LogP contribution in [-0.4, -0.2) is 64.4 Å². The standard InChI is InChI=1S/C30H42N6O2.C2H6/c1-6-34(19-17-31-5)23-12-7-13-24-27(23)33-25(36(24)29(37)38-30(2,3)4)20-35-18-9-11-22-15-14-21-10-8-16-32-26(21)28(22)35;1-2/h7-8,10,12-13,16,22,28,31H,6,9,11,14-15,17-20H2,1-5H3;1-2H3. The van der Waals surface area contributed by atoms with Crippen molar-refractivity contribution < 1.29 is 9.53 Å². The fourth-order valence-corrected chi connectivity index (χ4v) is 6.18. The maximum absolute atomic E-state index is 13.6. The Morgan fingerprint density at radius 3 is 2.70 bits per heavy atom. The highest BCUT2D eigenvalue weighted by molar-refractivity contribution is 5.95. The first-order chi connectivity index (χ1) is 19.3. The highest BCUT2D eigenvalue weighted by Gasteiger charge is 2.38. The third kappa shape index (κ3) is 6.33. The molecular formula is C32H48N6O2. The number of piperidine rings is 1. The van der Waals surface area contributed by atoms with Crippen LogP contribution in [0.5, 0.6) is 0 Å². The Morgan fingerprint density at radius 1 is 1.18 bits per heavy atom. The Kier molecular flexibility index (Phi) is 9.85. The normalized spacial score (nSPS) is 18.9. The number of para-hydroxylation sites is 1. The van der Waals surface area contributed by atoms with E-state index in [0.29, 0.717) is 12.5 Å². The molecule has 40 heavy (non-hydrogen) atoms. The van der Waals surface area contributed by atoms with Gasteiger partial charge in [-0.15, -0.1) is 0 Å². The van der Waals surface area contributed by atoms with Gasteiger partial charge in [0.05, 0.1) is 29.5 Å². The summed E-state index contributed by atoms with van der Waals surface area (Å²) in [6, 6.07) is 10.6. The monoisotopic (exact) mass is 548 g/mol. The van der Waals surface area contributed by atoms with Crippen molar-refractivity contribution in [3.63, 3.8) is 0 Å². The highest BCUT2D eigenvalue weighted by Crippen LogP contribution is 2.43. The van der Waals surface area contributed by atoms with Gasteiger partial charge in [-0.25, -0.2) is 14.3 Å². The smallest absolute Gasteiger partial charge is 0.420 e. The zero-order chi connectivity index (χ0) is 28.9. The third-order valence-corrected chi connectivity index (χ3v) is 7.86. The second-order valence-corrected chi connectivity index (χ2v) is 11.6. The van der Waals surface area contributed by atoms with E-state index in [-0.39, 0.29) is 12.1 Å². The summed E-state index contributed by atoms with van der Waals surface area (Å²) < 4.78 is 7.61. The van der Waals surface area contributed by atoms with E-state index in [2.05, 4.69) is 34.2 Å². The van der Waals surface area contributed by atoms with Crippen molar-refractivity contribution in [3.8, 4) is 0 Å². The van der Waals surface area contributed by atoms with Gasteiger partial charge >= 0.3 is 6.09 Å². The van der Waals surface area contributed by atoms with Crippen LogP contribution in [0.2, 0.25) is 0 Å². The molecule has 2 atom stereocenters. The SMILES string of the molecule is CC.CCN(CCNC)c1cccc2c1nc(CN1CCCC3CCc4cccnc4C31)n2C(=O)OC(C)(C)C. The number of pyridine rings is 1. The van der Waals surface area contributed by atoms with Gasteiger partial charge in [-0.3, -0.25) is 9.88 Å². The maximum Gasteiger partial charge on any atom is 0.420 e. The predicted octanol–water partition coefficient (Wildman–Crippen LogP) is 6.19. The highest BCUT2D eigenvalue weighted by atomic mass is 16.6. The van der Waals surface area contributed by atoms with Crippen molar-refractivity contribution in [1.29, 1.82) is 0 Å². The minimum atomic E-state index is -0.604. The summed E-state index contributed by atoms with van der Waals surface area (Å²) in [7, 11) is 1.97. The topological polar surface area (TPSA) is 75.5 Å². The van der Waals surface area contributed by atoms with Crippen LogP contribution in [0, 0.1) is 5.92 Å². The number of aryl methyl sites for hydroxylation is 1. The van der Waals surface area contributed by atoms with E-state index in [4.69, 9.17) is 14.7 Å². The van der Waals surface area contributed by atoms with Gasteiger partial charge in [-0.2, -0.15) is 0 Å². The van der Waals surface area contributed by atoms with Gasteiger partial charge in [0.2, 0.25) is 0 Å². The number of hydrogen-bond donors (Lipinski definition) is 1. The van der Waals surface area contributed by atoms with Crippen molar-refractivity contribution >= 4 is 22.8 Å². The van der Waals surface area contributed by atoms with E-state index in [0.717, 1.165) is 61.6 Å². The molecular weight excluding hydrogens is 500 g/mol. The van der Waals surface area contributed by atoms with Crippen molar-refractivity contribution in [3.05, 3.63) is 53.6 Å². The van der Waals surface area contributed by atoms with E-state index >= 15 is 0 Å². The molecule has 1 N–H and O–H groups in total. The van der Waals surface area contributed by atoms with E-state index in [1.54, 1.807) is 4.57 Å². The first-order valence-corrected chi connectivity index (χ1v) is 15.1. The van der Waals surface area contributed by atoms with Gasteiger partial charge in [0.15, 0.2) is 0 Å². The molecule has 1 aromatic carbocycles. The third-order valence-electron chi connectivity index (χ3n) is 7.86. The molecule has 3 aromatic rings. The van der Waals surface area contributed by atoms with Crippen LogP contribution in [-0.2, 0) is 17.7 Å². The first-order valence-electron chi connectivity index (χ1n) is 15.1. The number of benzene rings is 1. The van der Waals surface area contributed by atoms with Crippen LogP contribution < -0.4 is 10.2 Å². The zero-order valence-corrected chi connectivity index (χ0v) is 25.5. The number of rotatable bonds is 7. The Hall–Kier alpha value is -2.97. The predicted molar refractivity (Wildman–Crippen MR) is 163 cm³/mol. The summed E-state index contributed by atoms with van der Waals surface area (Å²) in [6.07, 6.45) is 6.19. The van der Waals surface area contributed by atoms with Crippen molar-refractivity contribution in [2.24, 2.45) is 5.92 Å². The van der Waals surface area contributed by atoms with E-state index in [1.807, 2.05) is 66.1 Å². The second kappa shape index (κ2) is 13.1. The molecule has 2 unspecified atom stereocenters. The largest absolute Gasteiger partial charge is 0.443 e. The number of likely N-dealkylation sites (N-methyl/N-ethyl adjacent to an activating group) is 2. The fourth-order valence-electron chi connectivity index (χ4n) is 6.18. The molecule has 0 spiro atoms. The number of anilines is 1. The molecule has 5 rings (SSSR count). The lowest BCUT2D eigenvalue weighted by Crippen LogP contribution is -2.42. The molecule has 2 aromatic heterocycles. The Bertz CT molecular complexity index is 1280. The lowest BCUT2D eigenvalue weighted by atomic mass is 9.77. The summed E-state index contributed by atoms with van der Waals surface area (Å²) in [6.45, 7) is 16.0. The summed E-state index contributed by atoms with van der Waals surface area (Å²) in [5.41, 5.74) is 4.64. The maximum atomic E-state index is 13.6.